The van der Waals surface area contributed by atoms with Gasteiger partial charge in [-0.15, -0.1) is 30.4 Å². The molecule has 1 atom stereocenters. The molecule has 21 heavy (non-hydrogen) atoms. The van der Waals surface area contributed by atoms with E-state index in [2.05, 4.69) is 47.2 Å². The minimum atomic E-state index is 0. The Morgan fingerprint density at radius 2 is 2.00 bits per heavy atom. The fourth-order valence-electron chi connectivity index (χ4n) is 2.32. The van der Waals surface area contributed by atoms with Gasteiger partial charge in [0.1, 0.15) is 0 Å². The van der Waals surface area contributed by atoms with E-state index in [1.54, 1.807) is 0 Å². The van der Waals surface area contributed by atoms with Crippen LogP contribution in [-0.4, -0.2) is 62.8 Å². The van der Waals surface area contributed by atoms with Gasteiger partial charge in [-0.05, 0) is 12.8 Å². The first-order chi connectivity index (χ1) is 9.69. The maximum Gasteiger partial charge on any atom is 0.192 e. The Morgan fingerprint density at radius 3 is 2.52 bits per heavy atom. The van der Waals surface area contributed by atoms with E-state index < -0.39 is 0 Å². The first kappa shape index (κ1) is 20.5. The van der Waals surface area contributed by atoms with Gasteiger partial charge >= 0.3 is 0 Å². The van der Waals surface area contributed by atoms with Crippen LogP contribution in [0.2, 0.25) is 0 Å². The van der Waals surface area contributed by atoms with Crippen molar-refractivity contribution in [3.63, 3.8) is 0 Å². The molecule has 1 fully saturated rings. The number of rotatable bonds is 6. The van der Waals surface area contributed by atoms with Crippen LogP contribution in [0.3, 0.4) is 0 Å². The molecular weight excluding hydrogens is 379 g/mol. The molecule has 0 amide bonds. The summed E-state index contributed by atoms with van der Waals surface area (Å²) in [7, 11) is 0. The second kappa shape index (κ2) is 12.1. The zero-order valence-corrected chi connectivity index (χ0v) is 15.7. The van der Waals surface area contributed by atoms with E-state index >= 15 is 0 Å². The summed E-state index contributed by atoms with van der Waals surface area (Å²) < 4.78 is 5.42. The minimum Gasteiger partial charge on any atom is -0.379 e. The monoisotopic (exact) mass is 408 g/mol. The van der Waals surface area contributed by atoms with Gasteiger partial charge in [-0.2, -0.15) is 0 Å². The number of morpholine rings is 1. The highest BCUT2D eigenvalue weighted by Gasteiger charge is 2.23. The fraction of sp³-hybridized carbons (Fsp3) is 0.800. The molecule has 0 bridgehead atoms. The number of ether oxygens (including phenoxy) is 1. The number of nitrogens with zero attached hydrogens (tertiary/aromatic N) is 2. The molecule has 0 saturated carbocycles. The van der Waals surface area contributed by atoms with Crippen molar-refractivity contribution in [2.45, 2.75) is 26.8 Å². The van der Waals surface area contributed by atoms with Crippen LogP contribution < -0.4 is 10.6 Å². The quantitative estimate of drug-likeness (QED) is 0.300. The van der Waals surface area contributed by atoms with Crippen molar-refractivity contribution in [1.82, 2.24) is 15.5 Å². The SMILES string of the molecule is C#CCNC(=NCC(C(C)C)N1CCOCC1)NCC.I. The van der Waals surface area contributed by atoms with Crippen molar-refractivity contribution in [3.8, 4) is 12.3 Å². The molecule has 1 aliphatic heterocycles. The first-order valence-corrected chi connectivity index (χ1v) is 7.46. The third kappa shape index (κ3) is 7.88. The summed E-state index contributed by atoms with van der Waals surface area (Å²) in [5.74, 6) is 3.93. The number of halogens is 1. The molecule has 0 aromatic heterocycles. The molecule has 1 rings (SSSR count). The Morgan fingerprint density at radius 1 is 1.33 bits per heavy atom. The maximum atomic E-state index is 5.42. The van der Waals surface area contributed by atoms with Crippen LogP contribution >= 0.6 is 24.0 Å². The summed E-state index contributed by atoms with van der Waals surface area (Å²) in [6.45, 7) is 12.3. The number of hydrogen-bond donors (Lipinski definition) is 2. The molecule has 122 valence electrons. The lowest BCUT2D eigenvalue weighted by Gasteiger charge is -2.36. The van der Waals surface area contributed by atoms with Crippen molar-refractivity contribution in [3.05, 3.63) is 0 Å². The van der Waals surface area contributed by atoms with Gasteiger partial charge in [-0.3, -0.25) is 9.89 Å². The number of hydrogen-bond acceptors (Lipinski definition) is 3. The lowest BCUT2D eigenvalue weighted by atomic mass is 10.0. The summed E-state index contributed by atoms with van der Waals surface area (Å²) in [4.78, 5) is 7.14. The highest BCUT2D eigenvalue weighted by atomic mass is 127. The highest BCUT2D eigenvalue weighted by Crippen LogP contribution is 2.13. The Balaban J connectivity index is 0.00000400. The number of nitrogens with one attached hydrogen (secondary N) is 2. The average Bonchev–Trinajstić information content (AvgIpc) is 2.45. The molecule has 1 heterocycles. The molecule has 1 saturated heterocycles. The van der Waals surface area contributed by atoms with Crippen LogP contribution in [0.1, 0.15) is 20.8 Å². The van der Waals surface area contributed by atoms with Crippen LogP contribution in [0.25, 0.3) is 0 Å². The molecule has 5 nitrogen and oxygen atoms in total. The maximum absolute atomic E-state index is 5.42. The van der Waals surface area contributed by atoms with Crippen LogP contribution in [0, 0.1) is 18.3 Å². The highest BCUT2D eigenvalue weighted by molar-refractivity contribution is 14.0. The Kier molecular flexibility index (Phi) is 11.8. The predicted octanol–water partition coefficient (Wildman–Crippen LogP) is 1.15. The molecule has 0 radical (unpaired) electrons. The molecule has 0 aromatic carbocycles. The second-order valence-electron chi connectivity index (χ2n) is 5.24. The van der Waals surface area contributed by atoms with Crippen LogP contribution in [0.15, 0.2) is 4.99 Å². The van der Waals surface area contributed by atoms with Crippen LogP contribution in [-0.2, 0) is 4.74 Å². The van der Waals surface area contributed by atoms with Gasteiger partial charge in [0.15, 0.2) is 5.96 Å². The normalized spacial score (nSPS) is 17.8. The van der Waals surface area contributed by atoms with Gasteiger partial charge in [0.2, 0.25) is 0 Å². The van der Waals surface area contributed by atoms with Gasteiger partial charge in [-0.1, -0.05) is 19.8 Å². The van der Waals surface area contributed by atoms with E-state index in [4.69, 9.17) is 11.2 Å². The summed E-state index contributed by atoms with van der Waals surface area (Å²) in [6, 6.07) is 0.445. The first-order valence-electron chi connectivity index (χ1n) is 7.46. The van der Waals surface area contributed by atoms with Crippen LogP contribution in [0.4, 0.5) is 0 Å². The largest absolute Gasteiger partial charge is 0.379 e. The van der Waals surface area contributed by atoms with Gasteiger partial charge in [-0.25, -0.2) is 0 Å². The Bertz CT molecular complexity index is 335. The van der Waals surface area contributed by atoms with E-state index in [-0.39, 0.29) is 24.0 Å². The summed E-state index contributed by atoms with van der Waals surface area (Å²) in [5, 5.41) is 6.34. The van der Waals surface area contributed by atoms with Crippen molar-refractivity contribution < 1.29 is 4.74 Å². The summed E-state index contributed by atoms with van der Waals surface area (Å²) in [5.41, 5.74) is 0. The van der Waals surface area contributed by atoms with E-state index in [1.807, 2.05) is 0 Å². The smallest absolute Gasteiger partial charge is 0.192 e. The van der Waals surface area contributed by atoms with E-state index in [1.165, 1.54) is 0 Å². The van der Waals surface area contributed by atoms with Crippen molar-refractivity contribution >= 4 is 29.9 Å². The standard InChI is InChI=1S/C15H28N4O.HI/c1-5-7-17-15(16-6-2)18-12-14(13(3)4)19-8-10-20-11-9-19;/h1,13-14H,6-12H2,2-4H3,(H2,16,17,18);1H. The number of terminal acetylenes is 1. The molecule has 0 spiro atoms. The average molecular weight is 408 g/mol. The topological polar surface area (TPSA) is 48.9 Å². The molecule has 6 heteroatoms. The lowest BCUT2D eigenvalue weighted by molar-refractivity contribution is 0.00867. The fourth-order valence-corrected chi connectivity index (χ4v) is 2.32. The summed E-state index contributed by atoms with van der Waals surface area (Å²) in [6.07, 6.45) is 5.28. The molecule has 2 N–H and O–H groups in total. The van der Waals surface area contributed by atoms with Crippen molar-refractivity contribution in [2.24, 2.45) is 10.9 Å². The number of guanidine groups is 1. The molecule has 1 aliphatic rings. The van der Waals surface area contributed by atoms with E-state index in [0.29, 0.717) is 18.5 Å². The van der Waals surface area contributed by atoms with E-state index in [0.717, 1.165) is 45.4 Å². The third-order valence-electron chi connectivity index (χ3n) is 3.42. The van der Waals surface area contributed by atoms with Crippen LogP contribution in [0.5, 0.6) is 0 Å². The van der Waals surface area contributed by atoms with Gasteiger partial charge in [0, 0.05) is 25.7 Å². The Labute approximate surface area is 146 Å². The molecular formula is C15H29IN4O. The molecule has 0 aromatic rings. The lowest BCUT2D eigenvalue weighted by Crippen LogP contribution is -2.48. The zero-order valence-electron chi connectivity index (χ0n) is 13.4. The second-order valence-corrected chi connectivity index (χ2v) is 5.24. The number of aliphatic imine (C=N–C) groups is 1. The Hall–Kier alpha value is -0.520. The van der Waals surface area contributed by atoms with Gasteiger partial charge < -0.3 is 15.4 Å². The molecule has 1 unspecified atom stereocenters. The van der Waals surface area contributed by atoms with E-state index in [9.17, 15) is 0 Å². The van der Waals surface area contributed by atoms with Crippen molar-refractivity contribution in [2.75, 3.05) is 45.9 Å². The zero-order chi connectivity index (χ0) is 14.8. The van der Waals surface area contributed by atoms with Gasteiger partial charge in [0.25, 0.3) is 0 Å². The summed E-state index contributed by atoms with van der Waals surface area (Å²) >= 11 is 0. The molecule has 0 aliphatic carbocycles. The third-order valence-corrected chi connectivity index (χ3v) is 3.42. The van der Waals surface area contributed by atoms with Gasteiger partial charge in [0.05, 0.1) is 26.3 Å². The van der Waals surface area contributed by atoms with Crippen molar-refractivity contribution in [1.29, 1.82) is 0 Å². The minimum absolute atomic E-state index is 0. The predicted molar refractivity (Wildman–Crippen MR) is 99.2 cm³/mol.